The van der Waals surface area contributed by atoms with Gasteiger partial charge in [-0.3, -0.25) is 4.79 Å². The first kappa shape index (κ1) is 12.1. The van der Waals surface area contributed by atoms with E-state index < -0.39 is 0 Å². The van der Waals surface area contributed by atoms with Crippen molar-refractivity contribution >= 4 is 11.6 Å². The zero-order valence-corrected chi connectivity index (χ0v) is 10.9. The van der Waals surface area contributed by atoms with Crippen LogP contribution in [0.3, 0.4) is 0 Å². The van der Waals surface area contributed by atoms with Gasteiger partial charge in [-0.05, 0) is 37.4 Å². The number of aryl methyl sites for hydroxylation is 1. The van der Waals surface area contributed by atoms with E-state index in [1.165, 1.54) is 11.1 Å². The Kier molecular flexibility index (Phi) is 3.20. The van der Waals surface area contributed by atoms with Crippen LogP contribution in [0.4, 0.5) is 5.69 Å². The van der Waals surface area contributed by atoms with Gasteiger partial charge in [0.05, 0.1) is 0 Å². The molecule has 0 saturated carbocycles. The van der Waals surface area contributed by atoms with E-state index in [4.69, 9.17) is 0 Å². The van der Waals surface area contributed by atoms with E-state index >= 15 is 0 Å². The number of amides is 1. The highest BCUT2D eigenvalue weighted by molar-refractivity contribution is 6.03. The molecule has 1 unspecified atom stereocenters. The monoisotopic (exact) mass is 232 g/mol. The van der Waals surface area contributed by atoms with Crippen molar-refractivity contribution in [1.82, 2.24) is 5.32 Å². The molecule has 0 aromatic heterocycles. The third-order valence-electron chi connectivity index (χ3n) is 3.32. The maximum absolute atomic E-state index is 11.9. The van der Waals surface area contributed by atoms with Crippen LogP contribution in [0.5, 0.6) is 0 Å². The number of carbonyl (C=O) groups excluding carboxylic acids is 1. The van der Waals surface area contributed by atoms with Gasteiger partial charge in [-0.1, -0.05) is 26.0 Å². The standard InChI is InChI=1S/C14H20N2O/c1-8(2)7-15-13-11-6-5-9(3)10(4)12(11)16-14(13)17/h5-6,8,13,15H,7H2,1-4H3,(H,16,17). The molecule has 3 heteroatoms. The van der Waals surface area contributed by atoms with Crippen molar-refractivity contribution in [2.75, 3.05) is 11.9 Å². The van der Waals surface area contributed by atoms with Gasteiger partial charge in [0.15, 0.2) is 0 Å². The van der Waals surface area contributed by atoms with Crippen molar-refractivity contribution < 1.29 is 4.79 Å². The number of anilines is 1. The van der Waals surface area contributed by atoms with Crippen LogP contribution in [-0.4, -0.2) is 12.5 Å². The van der Waals surface area contributed by atoms with E-state index in [1.807, 2.05) is 6.07 Å². The molecule has 1 heterocycles. The second-order valence-electron chi connectivity index (χ2n) is 5.20. The molecule has 2 N–H and O–H groups in total. The first-order chi connectivity index (χ1) is 8.00. The topological polar surface area (TPSA) is 41.1 Å². The van der Waals surface area contributed by atoms with Gasteiger partial charge in [0.2, 0.25) is 5.91 Å². The van der Waals surface area contributed by atoms with E-state index in [0.29, 0.717) is 5.92 Å². The average Bonchev–Trinajstić information content (AvgIpc) is 2.58. The van der Waals surface area contributed by atoms with Crippen molar-refractivity contribution in [3.63, 3.8) is 0 Å². The third-order valence-corrected chi connectivity index (χ3v) is 3.32. The summed E-state index contributed by atoms with van der Waals surface area (Å²) in [6, 6.07) is 3.94. The Morgan fingerprint density at radius 3 is 2.71 bits per heavy atom. The smallest absolute Gasteiger partial charge is 0.246 e. The van der Waals surface area contributed by atoms with E-state index in [1.54, 1.807) is 0 Å². The summed E-state index contributed by atoms with van der Waals surface area (Å²) in [5.41, 5.74) is 4.47. The summed E-state index contributed by atoms with van der Waals surface area (Å²) < 4.78 is 0. The number of nitrogens with one attached hydrogen (secondary N) is 2. The number of fused-ring (bicyclic) bond motifs is 1. The van der Waals surface area contributed by atoms with E-state index in [-0.39, 0.29) is 11.9 Å². The molecule has 0 saturated heterocycles. The van der Waals surface area contributed by atoms with Gasteiger partial charge in [0, 0.05) is 11.3 Å². The Bertz CT molecular complexity index is 452. The fourth-order valence-electron chi connectivity index (χ4n) is 2.14. The largest absolute Gasteiger partial charge is 0.324 e. The van der Waals surface area contributed by atoms with Crippen LogP contribution in [0.25, 0.3) is 0 Å². The predicted molar refractivity (Wildman–Crippen MR) is 70.1 cm³/mol. The van der Waals surface area contributed by atoms with Crippen molar-refractivity contribution in [3.8, 4) is 0 Å². The summed E-state index contributed by atoms with van der Waals surface area (Å²) in [5.74, 6) is 0.604. The van der Waals surface area contributed by atoms with E-state index in [9.17, 15) is 4.79 Å². The van der Waals surface area contributed by atoms with Crippen LogP contribution in [0.15, 0.2) is 12.1 Å². The summed E-state index contributed by atoms with van der Waals surface area (Å²) in [6.45, 7) is 9.25. The van der Waals surface area contributed by atoms with E-state index in [2.05, 4.69) is 44.4 Å². The van der Waals surface area contributed by atoms with Gasteiger partial charge in [-0.25, -0.2) is 0 Å². The lowest BCUT2D eigenvalue weighted by Gasteiger charge is -2.13. The number of hydrogen-bond acceptors (Lipinski definition) is 2. The van der Waals surface area contributed by atoms with Crippen LogP contribution in [-0.2, 0) is 4.79 Å². The Balaban J connectivity index is 2.28. The molecular formula is C14H20N2O. The van der Waals surface area contributed by atoms with Crippen LogP contribution in [0.2, 0.25) is 0 Å². The molecule has 1 aliphatic heterocycles. The maximum Gasteiger partial charge on any atom is 0.246 e. The molecule has 1 aliphatic rings. The van der Waals surface area contributed by atoms with Gasteiger partial charge >= 0.3 is 0 Å². The summed E-state index contributed by atoms with van der Waals surface area (Å²) in [4.78, 5) is 11.9. The lowest BCUT2D eigenvalue weighted by Crippen LogP contribution is -2.30. The molecule has 0 spiro atoms. The minimum absolute atomic E-state index is 0.0642. The van der Waals surface area contributed by atoms with Crippen molar-refractivity contribution in [1.29, 1.82) is 0 Å². The molecule has 1 aromatic carbocycles. The van der Waals surface area contributed by atoms with Crippen molar-refractivity contribution in [3.05, 3.63) is 28.8 Å². The number of hydrogen-bond donors (Lipinski definition) is 2. The average molecular weight is 232 g/mol. The zero-order valence-electron chi connectivity index (χ0n) is 10.9. The van der Waals surface area contributed by atoms with Crippen LogP contribution in [0, 0.1) is 19.8 Å². The summed E-state index contributed by atoms with van der Waals surface area (Å²) >= 11 is 0. The summed E-state index contributed by atoms with van der Waals surface area (Å²) in [5, 5.41) is 6.30. The lowest BCUT2D eigenvalue weighted by atomic mass is 10.0. The van der Waals surface area contributed by atoms with Gasteiger partial charge in [-0.15, -0.1) is 0 Å². The highest BCUT2D eigenvalue weighted by atomic mass is 16.2. The number of rotatable bonds is 3. The van der Waals surface area contributed by atoms with Crippen LogP contribution >= 0.6 is 0 Å². The van der Waals surface area contributed by atoms with Gasteiger partial charge < -0.3 is 10.6 Å². The molecule has 1 atom stereocenters. The minimum atomic E-state index is -0.188. The van der Waals surface area contributed by atoms with Gasteiger partial charge in [0.25, 0.3) is 0 Å². The predicted octanol–water partition coefficient (Wildman–Crippen LogP) is 2.54. The summed E-state index contributed by atoms with van der Waals surface area (Å²) in [6.07, 6.45) is 0. The molecule has 2 rings (SSSR count). The van der Waals surface area contributed by atoms with Crippen LogP contribution < -0.4 is 10.6 Å². The quantitative estimate of drug-likeness (QED) is 0.841. The molecule has 1 aromatic rings. The third kappa shape index (κ3) is 2.20. The second kappa shape index (κ2) is 4.49. The first-order valence-corrected chi connectivity index (χ1v) is 6.15. The van der Waals surface area contributed by atoms with Gasteiger partial charge in [-0.2, -0.15) is 0 Å². The Morgan fingerprint density at radius 1 is 1.35 bits per heavy atom. The van der Waals surface area contributed by atoms with Crippen molar-refractivity contribution in [2.45, 2.75) is 33.7 Å². The molecule has 0 radical (unpaired) electrons. The van der Waals surface area contributed by atoms with E-state index in [0.717, 1.165) is 17.8 Å². The second-order valence-corrected chi connectivity index (χ2v) is 5.20. The molecule has 92 valence electrons. The molecule has 17 heavy (non-hydrogen) atoms. The van der Waals surface area contributed by atoms with Crippen molar-refractivity contribution in [2.24, 2.45) is 5.92 Å². The minimum Gasteiger partial charge on any atom is -0.324 e. The zero-order chi connectivity index (χ0) is 12.6. The highest BCUT2D eigenvalue weighted by Gasteiger charge is 2.31. The normalized spacial score (nSPS) is 18.4. The molecule has 3 nitrogen and oxygen atoms in total. The number of benzene rings is 1. The molecule has 1 amide bonds. The first-order valence-electron chi connectivity index (χ1n) is 6.15. The molecule has 0 aliphatic carbocycles. The lowest BCUT2D eigenvalue weighted by molar-refractivity contribution is -0.117. The Labute approximate surface area is 103 Å². The van der Waals surface area contributed by atoms with Crippen LogP contribution in [0.1, 0.15) is 36.6 Å². The van der Waals surface area contributed by atoms with Gasteiger partial charge in [0.1, 0.15) is 6.04 Å². The Morgan fingerprint density at radius 2 is 2.06 bits per heavy atom. The highest BCUT2D eigenvalue weighted by Crippen LogP contribution is 2.34. The molecule has 0 bridgehead atoms. The maximum atomic E-state index is 11.9. The number of carbonyl (C=O) groups is 1. The molecule has 0 fully saturated rings. The SMILES string of the molecule is Cc1ccc2c(c1C)NC(=O)C2NCC(C)C. The summed E-state index contributed by atoms with van der Waals surface area (Å²) in [7, 11) is 0. The fraction of sp³-hybridized carbons (Fsp3) is 0.500. The Hall–Kier alpha value is -1.35. The fourth-order valence-corrected chi connectivity index (χ4v) is 2.14. The molecular weight excluding hydrogens is 212 g/mol.